The summed E-state index contributed by atoms with van der Waals surface area (Å²) in [7, 11) is 3.68. The molecule has 1 aliphatic heterocycles. The lowest BCUT2D eigenvalue weighted by Crippen LogP contribution is -2.29. The molecule has 0 spiro atoms. The molecule has 1 aliphatic rings. The van der Waals surface area contributed by atoms with Crippen LogP contribution in [0.15, 0.2) is 24.3 Å². The number of rotatable bonds is 9. The van der Waals surface area contributed by atoms with Crippen LogP contribution in [0.25, 0.3) is 0 Å². The summed E-state index contributed by atoms with van der Waals surface area (Å²) in [5, 5.41) is 4.37. The number of ether oxygens (including phenoxy) is 1. The fourth-order valence-electron chi connectivity index (χ4n) is 3.50. The molecule has 3 N–H and O–H groups in total. The van der Waals surface area contributed by atoms with Crippen molar-refractivity contribution in [2.45, 2.75) is 38.3 Å². The van der Waals surface area contributed by atoms with Crippen molar-refractivity contribution in [3.8, 4) is 5.75 Å². The third-order valence-electron chi connectivity index (χ3n) is 5.06. The molecule has 1 fully saturated rings. The second-order valence-electron chi connectivity index (χ2n) is 7.61. The van der Waals surface area contributed by atoms with E-state index < -0.39 is 6.04 Å². The Hall–Kier alpha value is -2.39. The summed E-state index contributed by atoms with van der Waals surface area (Å²) in [5.41, 5.74) is 15.2. The van der Waals surface area contributed by atoms with Gasteiger partial charge in [0.05, 0.1) is 6.61 Å². The average molecular weight is 417 g/mol. The van der Waals surface area contributed by atoms with Gasteiger partial charge < -0.3 is 15.4 Å². The van der Waals surface area contributed by atoms with Crippen LogP contribution in [0.3, 0.4) is 0 Å². The normalized spacial score (nSPS) is 15.8. The summed E-state index contributed by atoms with van der Waals surface area (Å²) in [5.74, 6) is 1.57. The van der Waals surface area contributed by atoms with E-state index in [1.54, 1.807) is 4.90 Å². The van der Waals surface area contributed by atoms with E-state index in [0.29, 0.717) is 19.0 Å². The first-order valence-electron chi connectivity index (χ1n) is 10.0. The Morgan fingerprint density at radius 3 is 2.72 bits per heavy atom. The van der Waals surface area contributed by atoms with Gasteiger partial charge in [0.15, 0.2) is 0 Å². The van der Waals surface area contributed by atoms with Gasteiger partial charge in [0.1, 0.15) is 16.8 Å². The summed E-state index contributed by atoms with van der Waals surface area (Å²) in [6, 6.07) is 7.77. The van der Waals surface area contributed by atoms with E-state index in [9.17, 15) is 0 Å². The zero-order chi connectivity index (χ0) is 20.8. The lowest BCUT2D eigenvalue weighted by Gasteiger charge is -2.26. The molecular formula is C20H30N7OS. The van der Waals surface area contributed by atoms with E-state index in [-0.39, 0.29) is 10.9 Å². The molecular weight excluding hydrogens is 386 g/mol. The van der Waals surface area contributed by atoms with Gasteiger partial charge in [-0.3, -0.25) is 10.6 Å². The standard InChI is InChI=1S/C20H30N7OS/c1-25(2)20-23-19(22)27(24-20)17(18(21)29)9-12-28-16-8-6-7-15(13-16)14-26-10-4-3-5-11-26/h6-8,13,17,21H,3-5,9-12,14H2,1-2H3,(H2,22,23,24). The monoisotopic (exact) mass is 416 g/mol. The maximum Gasteiger partial charge on any atom is 0.246 e. The molecule has 0 bridgehead atoms. The van der Waals surface area contributed by atoms with Gasteiger partial charge in [-0.05, 0) is 43.6 Å². The van der Waals surface area contributed by atoms with Crippen molar-refractivity contribution >= 4 is 29.1 Å². The van der Waals surface area contributed by atoms with Crippen molar-refractivity contribution in [3.63, 3.8) is 0 Å². The molecule has 9 heteroatoms. The van der Waals surface area contributed by atoms with Crippen molar-refractivity contribution in [3.05, 3.63) is 29.8 Å². The third kappa shape index (κ3) is 5.80. The van der Waals surface area contributed by atoms with Crippen molar-refractivity contribution < 1.29 is 4.74 Å². The van der Waals surface area contributed by atoms with E-state index in [0.717, 1.165) is 12.3 Å². The van der Waals surface area contributed by atoms with Crippen molar-refractivity contribution in [2.24, 2.45) is 0 Å². The Kier molecular flexibility index (Phi) is 7.27. The summed E-state index contributed by atoms with van der Waals surface area (Å²) >= 11 is 5.12. The number of aromatic nitrogens is 3. The van der Waals surface area contributed by atoms with E-state index in [4.69, 9.17) is 28.4 Å². The second-order valence-corrected chi connectivity index (χ2v) is 8.05. The molecule has 1 aromatic heterocycles. The van der Waals surface area contributed by atoms with Crippen LogP contribution in [-0.4, -0.2) is 58.4 Å². The summed E-state index contributed by atoms with van der Waals surface area (Å²) in [6.07, 6.45) is 4.40. The number of nitrogen functional groups attached to an aromatic ring is 1. The molecule has 0 saturated carbocycles. The van der Waals surface area contributed by atoms with Gasteiger partial charge in [-0.2, -0.15) is 4.98 Å². The SMILES string of the molecule is CN(C)c1nc(N)n(C(CCOc2cccc(CN3CCCCC3)c2)C([NH])=S)n1. The zero-order valence-electron chi connectivity index (χ0n) is 17.2. The van der Waals surface area contributed by atoms with E-state index in [1.165, 1.54) is 42.6 Å². The van der Waals surface area contributed by atoms with Crippen LogP contribution in [0, 0.1) is 0 Å². The number of nitrogens with two attached hydrogens (primary N) is 1. The lowest BCUT2D eigenvalue weighted by atomic mass is 10.1. The Labute approximate surface area is 177 Å². The third-order valence-corrected chi connectivity index (χ3v) is 5.33. The summed E-state index contributed by atoms with van der Waals surface area (Å²) in [4.78, 5) is 8.54. The highest BCUT2D eigenvalue weighted by molar-refractivity contribution is 7.80. The predicted molar refractivity (Wildman–Crippen MR) is 119 cm³/mol. The van der Waals surface area contributed by atoms with Gasteiger partial charge in [-0.1, -0.05) is 30.8 Å². The topological polar surface area (TPSA) is 96.2 Å². The molecule has 1 aromatic carbocycles. The van der Waals surface area contributed by atoms with E-state index in [1.807, 2.05) is 26.2 Å². The second kappa shape index (κ2) is 9.89. The van der Waals surface area contributed by atoms with Gasteiger partial charge in [0.25, 0.3) is 0 Å². The summed E-state index contributed by atoms with van der Waals surface area (Å²) in [6.45, 7) is 3.71. The van der Waals surface area contributed by atoms with Crippen molar-refractivity contribution in [1.82, 2.24) is 25.4 Å². The van der Waals surface area contributed by atoms with Crippen LogP contribution in [0.2, 0.25) is 0 Å². The number of hydrogen-bond donors (Lipinski definition) is 1. The highest BCUT2D eigenvalue weighted by Gasteiger charge is 2.21. The first-order valence-corrected chi connectivity index (χ1v) is 10.4. The zero-order valence-corrected chi connectivity index (χ0v) is 18.0. The minimum atomic E-state index is -0.456. The average Bonchev–Trinajstić information content (AvgIpc) is 3.08. The number of likely N-dealkylation sites (tertiary alicyclic amines) is 1. The fraction of sp³-hybridized carbons (Fsp3) is 0.550. The minimum absolute atomic E-state index is 0.0642. The van der Waals surface area contributed by atoms with Gasteiger partial charge in [-0.15, -0.1) is 5.10 Å². The van der Waals surface area contributed by atoms with Crippen LogP contribution in [0.1, 0.15) is 37.3 Å². The Morgan fingerprint density at radius 1 is 1.31 bits per heavy atom. The quantitative estimate of drug-likeness (QED) is 0.628. The maximum atomic E-state index is 7.96. The van der Waals surface area contributed by atoms with Crippen LogP contribution in [-0.2, 0) is 6.54 Å². The number of benzene rings is 1. The molecule has 0 amide bonds. The molecule has 1 atom stereocenters. The first kappa shape index (κ1) is 21.3. The number of thiocarbonyl (C=S) groups is 1. The molecule has 2 aromatic rings. The molecule has 157 valence electrons. The molecule has 1 saturated heterocycles. The minimum Gasteiger partial charge on any atom is -0.493 e. The van der Waals surface area contributed by atoms with E-state index in [2.05, 4.69) is 27.1 Å². The number of hydrogen-bond acceptors (Lipinski definition) is 7. The van der Waals surface area contributed by atoms with Crippen LogP contribution < -0.4 is 21.1 Å². The van der Waals surface area contributed by atoms with Crippen molar-refractivity contribution in [1.29, 1.82) is 0 Å². The maximum absolute atomic E-state index is 7.96. The molecule has 1 radical (unpaired) electrons. The molecule has 29 heavy (non-hydrogen) atoms. The molecule has 3 rings (SSSR count). The fourth-order valence-corrected chi connectivity index (χ4v) is 3.72. The molecule has 0 aliphatic carbocycles. The van der Waals surface area contributed by atoms with Crippen LogP contribution in [0.5, 0.6) is 5.75 Å². The van der Waals surface area contributed by atoms with Gasteiger partial charge in [0.2, 0.25) is 11.9 Å². The van der Waals surface area contributed by atoms with Gasteiger partial charge in [0, 0.05) is 27.1 Å². The van der Waals surface area contributed by atoms with Gasteiger partial charge in [-0.25, -0.2) is 4.68 Å². The van der Waals surface area contributed by atoms with Crippen LogP contribution >= 0.6 is 12.2 Å². The molecule has 2 heterocycles. The van der Waals surface area contributed by atoms with Crippen LogP contribution in [0.4, 0.5) is 11.9 Å². The lowest BCUT2D eigenvalue weighted by molar-refractivity contribution is 0.220. The number of nitrogens with one attached hydrogen (secondary N) is 1. The summed E-state index contributed by atoms with van der Waals surface area (Å²) < 4.78 is 7.47. The van der Waals surface area contributed by atoms with Gasteiger partial charge >= 0.3 is 0 Å². The smallest absolute Gasteiger partial charge is 0.246 e. The molecule has 8 nitrogen and oxygen atoms in total. The number of anilines is 2. The highest BCUT2D eigenvalue weighted by Crippen LogP contribution is 2.21. The molecule has 1 unspecified atom stereocenters. The van der Waals surface area contributed by atoms with E-state index >= 15 is 0 Å². The highest BCUT2D eigenvalue weighted by atomic mass is 32.1. The Bertz CT molecular complexity index is 817. The predicted octanol–water partition coefficient (Wildman–Crippen LogP) is 2.53. The Morgan fingerprint density at radius 2 is 2.07 bits per heavy atom. The van der Waals surface area contributed by atoms with Crippen molar-refractivity contribution in [2.75, 3.05) is 44.4 Å². The largest absolute Gasteiger partial charge is 0.493 e. The Balaban J connectivity index is 1.58. The number of piperidine rings is 1. The number of nitrogens with zero attached hydrogens (tertiary/aromatic N) is 5. The first-order chi connectivity index (χ1) is 13.9.